The molecule has 13 heavy (non-hydrogen) atoms. The number of furan rings is 1. The number of aromatic nitrogens is 1. The molecule has 0 spiro atoms. The van der Waals surface area contributed by atoms with Crippen molar-refractivity contribution in [3.05, 3.63) is 23.0 Å². The van der Waals surface area contributed by atoms with Gasteiger partial charge in [0, 0.05) is 10.9 Å². The smallest absolute Gasteiger partial charge is 0.180 e. The van der Waals surface area contributed by atoms with Crippen molar-refractivity contribution in [2.45, 2.75) is 13.8 Å². The van der Waals surface area contributed by atoms with E-state index in [2.05, 4.69) is 4.98 Å². The van der Waals surface area contributed by atoms with E-state index >= 15 is 0 Å². The van der Waals surface area contributed by atoms with Crippen LogP contribution in [0.15, 0.2) is 15.9 Å². The van der Waals surface area contributed by atoms with Crippen molar-refractivity contribution in [3.8, 4) is 11.3 Å². The fourth-order valence-electron chi connectivity index (χ4n) is 1.30. The van der Waals surface area contributed by atoms with Crippen molar-refractivity contribution < 1.29 is 4.42 Å². The minimum Gasteiger partial charge on any atom is -0.466 e. The molecule has 0 aromatic carbocycles. The van der Waals surface area contributed by atoms with Crippen LogP contribution >= 0.6 is 11.3 Å². The quantitative estimate of drug-likeness (QED) is 0.759. The van der Waals surface area contributed by atoms with Crippen molar-refractivity contribution >= 4 is 16.5 Å². The van der Waals surface area contributed by atoms with Gasteiger partial charge in [0.15, 0.2) is 5.13 Å². The SMILES string of the molecule is Cc1cc(-c2csc(N)n2)c(C)o1. The average molecular weight is 194 g/mol. The number of aryl methyl sites for hydroxylation is 2. The van der Waals surface area contributed by atoms with E-state index in [9.17, 15) is 0 Å². The Morgan fingerprint density at radius 2 is 2.23 bits per heavy atom. The van der Waals surface area contributed by atoms with E-state index in [1.165, 1.54) is 11.3 Å². The van der Waals surface area contributed by atoms with Crippen LogP contribution in [0, 0.1) is 13.8 Å². The lowest BCUT2D eigenvalue weighted by atomic mass is 10.2. The predicted octanol–water partition coefficient (Wildman–Crippen LogP) is 2.60. The number of rotatable bonds is 1. The zero-order valence-electron chi connectivity index (χ0n) is 7.50. The van der Waals surface area contributed by atoms with E-state index in [1.54, 1.807) is 0 Å². The van der Waals surface area contributed by atoms with E-state index in [1.807, 2.05) is 25.3 Å². The second-order valence-electron chi connectivity index (χ2n) is 2.90. The molecule has 0 fully saturated rings. The van der Waals surface area contributed by atoms with E-state index in [4.69, 9.17) is 10.2 Å². The van der Waals surface area contributed by atoms with Crippen molar-refractivity contribution in [2.24, 2.45) is 0 Å². The summed E-state index contributed by atoms with van der Waals surface area (Å²) in [5.74, 6) is 1.79. The molecule has 68 valence electrons. The summed E-state index contributed by atoms with van der Waals surface area (Å²) in [4.78, 5) is 4.19. The molecule has 0 saturated carbocycles. The zero-order chi connectivity index (χ0) is 9.42. The first kappa shape index (κ1) is 8.31. The second-order valence-corrected chi connectivity index (χ2v) is 3.79. The molecule has 0 saturated heterocycles. The first-order valence-corrected chi connectivity index (χ1v) is 4.83. The van der Waals surface area contributed by atoms with Crippen LogP contribution in [0.5, 0.6) is 0 Å². The normalized spacial score (nSPS) is 10.6. The fraction of sp³-hybridized carbons (Fsp3) is 0.222. The molecule has 4 heteroatoms. The second kappa shape index (κ2) is 2.88. The van der Waals surface area contributed by atoms with Gasteiger partial charge in [-0.2, -0.15) is 0 Å². The van der Waals surface area contributed by atoms with Gasteiger partial charge in [0.25, 0.3) is 0 Å². The van der Waals surface area contributed by atoms with Gasteiger partial charge in [0.05, 0.1) is 5.69 Å². The minimum absolute atomic E-state index is 0.591. The lowest BCUT2D eigenvalue weighted by molar-refractivity contribution is 0.505. The van der Waals surface area contributed by atoms with Gasteiger partial charge in [-0.1, -0.05) is 0 Å². The minimum atomic E-state index is 0.591. The molecule has 2 rings (SSSR count). The zero-order valence-corrected chi connectivity index (χ0v) is 8.31. The molecule has 0 bridgehead atoms. The summed E-state index contributed by atoms with van der Waals surface area (Å²) >= 11 is 1.44. The monoisotopic (exact) mass is 194 g/mol. The van der Waals surface area contributed by atoms with Gasteiger partial charge in [0.2, 0.25) is 0 Å². The lowest BCUT2D eigenvalue weighted by Crippen LogP contribution is -1.82. The topological polar surface area (TPSA) is 52.0 Å². The number of anilines is 1. The Bertz CT molecular complexity index is 431. The molecule has 0 unspecified atom stereocenters. The van der Waals surface area contributed by atoms with E-state index in [-0.39, 0.29) is 0 Å². The first-order chi connectivity index (χ1) is 6.16. The molecule has 0 amide bonds. The third-order valence-corrected chi connectivity index (χ3v) is 2.51. The van der Waals surface area contributed by atoms with Crippen LogP contribution in [0.3, 0.4) is 0 Å². The van der Waals surface area contributed by atoms with Crippen molar-refractivity contribution in [1.82, 2.24) is 4.98 Å². The van der Waals surface area contributed by atoms with Crippen molar-refractivity contribution in [2.75, 3.05) is 5.73 Å². The van der Waals surface area contributed by atoms with Crippen LogP contribution in [0.4, 0.5) is 5.13 Å². The maximum absolute atomic E-state index is 5.55. The molecule has 0 aliphatic heterocycles. The van der Waals surface area contributed by atoms with Crippen LogP contribution in [0.25, 0.3) is 11.3 Å². The molecule has 0 radical (unpaired) electrons. The average Bonchev–Trinajstić information content (AvgIpc) is 2.58. The molecule has 2 heterocycles. The Balaban J connectivity index is 2.51. The largest absolute Gasteiger partial charge is 0.466 e. The molecule has 2 aromatic heterocycles. The van der Waals surface area contributed by atoms with Crippen molar-refractivity contribution in [3.63, 3.8) is 0 Å². The third-order valence-electron chi connectivity index (χ3n) is 1.84. The Kier molecular flexibility index (Phi) is 1.84. The molecule has 0 aliphatic carbocycles. The summed E-state index contributed by atoms with van der Waals surface area (Å²) in [5, 5.41) is 2.53. The number of nitrogens with zero attached hydrogens (tertiary/aromatic N) is 1. The summed E-state index contributed by atoms with van der Waals surface area (Å²) in [6.45, 7) is 3.85. The maximum atomic E-state index is 5.55. The lowest BCUT2D eigenvalue weighted by Gasteiger charge is -1.89. The van der Waals surface area contributed by atoms with Gasteiger partial charge >= 0.3 is 0 Å². The fourth-order valence-corrected chi connectivity index (χ4v) is 1.86. The molecular weight excluding hydrogens is 184 g/mol. The molecule has 2 N–H and O–H groups in total. The summed E-state index contributed by atoms with van der Waals surface area (Å²) in [5.41, 5.74) is 7.48. The summed E-state index contributed by atoms with van der Waals surface area (Å²) in [6.07, 6.45) is 0. The summed E-state index contributed by atoms with van der Waals surface area (Å²) in [7, 11) is 0. The van der Waals surface area contributed by atoms with Crippen LogP contribution in [0.1, 0.15) is 11.5 Å². The summed E-state index contributed by atoms with van der Waals surface area (Å²) in [6, 6.07) is 1.98. The Labute approximate surface area is 80.2 Å². The number of hydrogen-bond donors (Lipinski definition) is 1. The van der Waals surface area contributed by atoms with E-state index in [0.29, 0.717) is 5.13 Å². The van der Waals surface area contributed by atoms with Crippen molar-refractivity contribution in [1.29, 1.82) is 0 Å². The highest BCUT2D eigenvalue weighted by molar-refractivity contribution is 7.13. The highest BCUT2D eigenvalue weighted by Gasteiger charge is 2.09. The molecule has 2 aromatic rings. The van der Waals surface area contributed by atoms with Gasteiger partial charge in [-0.25, -0.2) is 4.98 Å². The van der Waals surface area contributed by atoms with Crippen LogP contribution < -0.4 is 5.73 Å². The summed E-state index contributed by atoms with van der Waals surface area (Å²) < 4.78 is 5.40. The highest BCUT2D eigenvalue weighted by atomic mass is 32.1. The van der Waals surface area contributed by atoms with Gasteiger partial charge < -0.3 is 10.2 Å². The Hall–Kier alpha value is -1.29. The van der Waals surface area contributed by atoms with Gasteiger partial charge in [-0.3, -0.25) is 0 Å². The van der Waals surface area contributed by atoms with Gasteiger partial charge in [-0.15, -0.1) is 11.3 Å². The molecular formula is C9H10N2OS. The van der Waals surface area contributed by atoms with Crippen LogP contribution in [0.2, 0.25) is 0 Å². The third kappa shape index (κ3) is 1.45. The number of nitrogens with two attached hydrogens (primary N) is 1. The first-order valence-electron chi connectivity index (χ1n) is 3.95. The highest BCUT2D eigenvalue weighted by Crippen LogP contribution is 2.28. The predicted molar refractivity (Wildman–Crippen MR) is 53.7 cm³/mol. The van der Waals surface area contributed by atoms with E-state index < -0.39 is 0 Å². The van der Waals surface area contributed by atoms with Crippen LogP contribution in [-0.4, -0.2) is 4.98 Å². The number of thiazole rings is 1. The Morgan fingerprint density at radius 3 is 2.69 bits per heavy atom. The van der Waals surface area contributed by atoms with Gasteiger partial charge in [0.1, 0.15) is 11.5 Å². The molecule has 0 aliphatic rings. The standard InChI is InChI=1S/C9H10N2OS/c1-5-3-7(6(2)12-5)8-4-13-9(10)11-8/h3-4H,1-2H3,(H2,10,11). The van der Waals surface area contributed by atoms with Gasteiger partial charge in [-0.05, 0) is 19.9 Å². The maximum Gasteiger partial charge on any atom is 0.180 e. The van der Waals surface area contributed by atoms with E-state index in [0.717, 1.165) is 22.8 Å². The number of hydrogen-bond acceptors (Lipinski definition) is 4. The Morgan fingerprint density at radius 1 is 1.46 bits per heavy atom. The number of nitrogen functional groups attached to an aromatic ring is 1. The van der Waals surface area contributed by atoms with Crippen LogP contribution in [-0.2, 0) is 0 Å². The molecule has 3 nitrogen and oxygen atoms in total. The molecule has 0 atom stereocenters.